The summed E-state index contributed by atoms with van der Waals surface area (Å²) in [4.78, 5) is 0. The van der Waals surface area contributed by atoms with Crippen LogP contribution in [0.15, 0.2) is 63.8 Å². The fourth-order valence-corrected chi connectivity index (χ4v) is 5.30. The molecule has 4 heteroatoms. The van der Waals surface area contributed by atoms with Crippen molar-refractivity contribution in [1.29, 1.82) is 0 Å². The predicted octanol–water partition coefficient (Wildman–Crippen LogP) is 7.37. The minimum absolute atomic E-state index is 0. The van der Waals surface area contributed by atoms with Crippen LogP contribution in [0.1, 0.15) is 61.0 Å². The van der Waals surface area contributed by atoms with Crippen LogP contribution in [0.2, 0.25) is 0 Å². The fourth-order valence-electron chi connectivity index (χ4n) is 3.06. The summed E-state index contributed by atoms with van der Waals surface area (Å²) in [5.74, 6) is 1.12. The van der Waals surface area contributed by atoms with Crippen molar-refractivity contribution in [2.75, 3.05) is 0 Å². The Bertz CT molecular complexity index is 729. The molecule has 0 heterocycles. The molecule has 0 fully saturated rings. The van der Waals surface area contributed by atoms with Crippen molar-refractivity contribution in [2.45, 2.75) is 61.4 Å². The SMILES string of the molecule is CC1=[C-]C(C)C(C)=C1C.CC1=[C-]C(C)C(C)=C1C.Cl.Cl.[Zr+2]=[SiH]Cc1ccccc1. The Hall–Kier alpha value is -0.140. The van der Waals surface area contributed by atoms with E-state index in [1.807, 2.05) is 0 Å². The predicted molar refractivity (Wildman–Crippen MR) is 132 cm³/mol. The fraction of sp³-hybridized carbons (Fsp3) is 0.440. The van der Waals surface area contributed by atoms with Crippen LogP contribution in [0.25, 0.3) is 0 Å². The zero-order chi connectivity index (χ0) is 20.6. The summed E-state index contributed by atoms with van der Waals surface area (Å²) < 4.78 is 0. The van der Waals surface area contributed by atoms with Gasteiger partial charge in [0.25, 0.3) is 0 Å². The molecule has 0 aliphatic heterocycles. The Balaban J connectivity index is 0. The zero-order valence-corrected chi connectivity index (χ0v) is 24.4. The molecule has 158 valence electrons. The molecule has 2 aliphatic carbocycles. The van der Waals surface area contributed by atoms with Gasteiger partial charge in [-0.1, -0.05) is 53.4 Å². The van der Waals surface area contributed by atoms with Crippen molar-refractivity contribution in [2.24, 2.45) is 11.8 Å². The number of hydrogen-bond acceptors (Lipinski definition) is 0. The quantitative estimate of drug-likeness (QED) is 0.279. The monoisotopic (exact) mass is 524 g/mol. The van der Waals surface area contributed by atoms with E-state index in [1.165, 1.54) is 45.0 Å². The normalized spacial score (nSPS) is 19.7. The molecule has 0 saturated heterocycles. The van der Waals surface area contributed by atoms with Crippen LogP contribution in [0.3, 0.4) is 0 Å². The first-order chi connectivity index (χ1) is 12.7. The first-order valence-corrected chi connectivity index (χ1v) is 15.4. The third-order valence-corrected chi connectivity index (χ3v) is 7.83. The van der Waals surface area contributed by atoms with E-state index in [-0.39, 0.29) is 24.8 Å². The van der Waals surface area contributed by atoms with Crippen LogP contribution in [0.4, 0.5) is 0 Å². The topological polar surface area (TPSA) is 0 Å². The van der Waals surface area contributed by atoms with E-state index in [1.54, 1.807) is 23.3 Å². The average Bonchev–Trinajstić information content (AvgIpc) is 3.01. The van der Waals surface area contributed by atoms with Gasteiger partial charge in [0.05, 0.1) is 0 Å². The number of rotatable bonds is 2. The summed E-state index contributed by atoms with van der Waals surface area (Å²) in [5.41, 5.74) is 9.99. The molecule has 0 aromatic heterocycles. The van der Waals surface area contributed by atoms with Crippen LogP contribution in [0, 0.1) is 24.0 Å². The van der Waals surface area contributed by atoms with Gasteiger partial charge in [-0.25, -0.2) is 11.1 Å². The molecule has 3 rings (SSSR count). The Morgan fingerprint density at radius 3 is 1.34 bits per heavy atom. The molecule has 2 atom stereocenters. The molecule has 2 unspecified atom stereocenters. The first kappa shape index (κ1) is 31.0. The van der Waals surface area contributed by atoms with E-state index in [2.05, 4.69) is 97.9 Å². The van der Waals surface area contributed by atoms with Gasteiger partial charge in [-0.2, -0.15) is 22.3 Å². The van der Waals surface area contributed by atoms with E-state index < -0.39 is 0 Å². The van der Waals surface area contributed by atoms with Gasteiger partial charge in [-0.3, -0.25) is 12.2 Å². The molecular formula is C25H36Cl2SiZr. The summed E-state index contributed by atoms with van der Waals surface area (Å²) >= 11 is 1.72. The molecule has 0 amide bonds. The summed E-state index contributed by atoms with van der Waals surface area (Å²) in [7, 11) is 0. The first-order valence-electron chi connectivity index (χ1n) is 9.77. The Morgan fingerprint density at radius 1 is 0.759 bits per heavy atom. The Morgan fingerprint density at radius 2 is 1.14 bits per heavy atom. The molecule has 1 aromatic carbocycles. The number of halogens is 2. The average molecular weight is 527 g/mol. The van der Waals surface area contributed by atoms with Gasteiger partial charge < -0.3 is 0 Å². The van der Waals surface area contributed by atoms with Crippen molar-refractivity contribution in [3.8, 4) is 0 Å². The standard InChI is InChI=1S/2C9H13.C7H8Si.2ClH.Zr/c2*1-6-5-7(2)9(4)8(6)3;8-6-7-4-2-1-3-5-7;;;/h2*6H,1-4H3;1-5,8H,6H2;2*1H;/q2*-1;;;;+2. The molecule has 0 N–H and O–H groups in total. The van der Waals surface area contributed by atoms with E-state index in [0.717, 1.165) is 0 Å². The second-order valence-electron chi connectivity index (χ2n) is 7.49. The summed E-state index contributed by atoms with van der Waals surface area (Å²) in [6.45, 7) is 17.3. The maximum atomic E-state index is 3.36. The van der Waals surface area contributed by atoms with Crippen LogP contribution in [0.5, 0.6) is 0 Å². The second-order valence-corrected chi connectivity index (χ2v) is 11.3. The Labute approximate surface area is 207 Å². The Kier molecular flexibility index (Phi) is 16.7. The van der Waals surface area contributed by atoms with Gasteiger partial charge in [-0.05, 0) is 0 Å². The van der Waals surface area contributed by atoms with Gasteiger partial charge >= 0.3 is 71.4 Å². The zero-order valence-electron chi connectivity index (χ0n) is 19.1. The molecule has 0 nitrogen and oxygen atoms in total. The molecule has 0 radical (unpaired) electrons. The summed E-state index contributed by atoms with van der Waals surface area (Å²) in [5, 5.41) is 0. The van der Waals surface area contributed by atoms with Crippen LogP contribution < -0.4 is 0 Å². The van der Waals surface area contributed by atoms with Crippen molar-refractivity contribution in [3.63, 3.8) is 0 Å². The van der Waals surface area contributed by atoms with Crippen molar-refractivity contribution >= 4 is 31.0 Å². The van der Waals surface area contributed by atoms with Crippen LogP contribution in [-0.2, 0) is 29.4 Å². The van der Waals surface area contributed by atoms with Gasteiger partial charge in [0.2, 0.25) is 0 Å². The molecule has 0 bridgehead atoms. The maximum absolute atomic E-state index is 3.36. The van der Waals surface area contributed by atoms with E-state index in [0.29, 0.717) is 18.0 Å². The minimum atomic E-state index is 0. The van der Waals surface area contributed by atoms with Crippen LogP contribution >= 0.6 is 24.8 Å². The molecule has 29 heavy (non-hydrogen) atoms. The van der Waals surface area contributed by atoms with Gasteiger partial charge in [-0.15, -0.1) is 38.7 Å². The van der Waals surface area contributed by atoms with Gasteiger partial charge in [0.1, 0.15) is 0 Å². The molecule has 2 aliphatic rings. The van der Waals surface area contributed by atoms with Crippen molar-refractivity contribution in [3.05, 3.63) is 81.5 Å². The summed E-state index contributed by atoms with van der Waals surface area (Å²) in [6.07, 6.45) is 7.43. The second kappa shape index (κ2) is 15.6. The molecular weight excluding hydrogens is 490 g/mol. The van der Waals surface area contributed by atoms with E-state index in [9.17, 15) is 0 Å². The third-order valence-electron chi connectivity index (χ3n) is 5.65. The molecule has 0 saturated carbocycles. The van der Waals surface area contributed by atoms with E-state index >= 15 is 0 Å². The molecule has 0 spiro atoms. The third kappa shape index (κ3) is 10.1. The van der Waals surface area contributed by atoms with Crippen molar-refractivity contribution < 1.29 is 23.3 Å². The van der Waals surface area contributed by atoms with Crippen LogP contribution in [-0.4, -0.2) is 6.16 Å². The molecule has 1 aromatic rings. The van der Waals surface area contributed by atoms with Gasteiger partial charge in [0, 0.05) is 0 Å². The van der Waals surface area contributed by atoms with Crippen molar-refractivity contribution in [1.82, 2.24) is 0 Å². The number of benzene rings is 1. The van der Waals surface area contributed by atoms with Gasteiger partial charge in [0.15, 0.2) is 0 Å². The number of hydrogen-bond donors (Lipinski definition) is 0. The summed E-state index contributed by atoms with van der Waals surface area (Å²) in [6, 6.07) is 12.0. The van der Waals surface area contributed by atoms with E-state index in [4.69, 9.17) is 0 Å². The number of allylic oxidation sites excluding steroid dienone is 8.